The molecule has 3 rings (SSSR count). The van der Waals surface area contributed by atoms with Crippen molar-refractivity contribution in [3.8, 4) is 11.5 Å². The molecule has 0 saturated heterocycles. The third kappa shape index (κ3) is 1.96. The van der Waals surface area contributed by atoms with Gasteiger partial charge in [0.15, 0.2) is 0 Å². The molecule has 0 saturated carbocycles. The number of hydrogen-bond donors (Lipinski definition) is 1. The van der Waals surface area contributed by atoms with E-state index < -0.39 is 0 Å². The van der Waals surface area contributed by atoms with Gasteiger partial charge in [0.2, 0.25) is 0 Å². The van der Waals surface area contributed by atoms with Gasteiger partial charge in [-0.3, -0.25) is 4.98 Å². The fraction of sp³-hybridized carbons (Fsp3) is 0.214. The topological polar surface area (TPSA) is 48.1 Å². The lowest BCUT2D eigenvalue weighted by Crippen LogP contribution is -2.14. The van der Waals surface area contributed by atoms with Crippen LogP contribution in [0, 0.1) is 0 Å². The molecule has 0 radical (unpaired) electrons. The van der Waals surface area contributed by atoms with Crippen molar-refractivity contribution in [3.05, 3.63) is 52.8 Å². The van der Waals surface area contributed by atoms with E-state index in [4.69, 9.17) is 22.1 Å². The van der Waals surface area contributed by atoms with Gasteiger partial charge in [-0.2, -0.15) is 0 Å². The summed E-state index contributed by atoms with van der Waals surface area (Å²) in [4.78, 5) is 4.35. The molecule has 0 aliphatic carbocycles. The lowest BCUT2D eigenvalue weighted by molar-refractivity contribution is 0.475. The van der Waals surface area contributed by atoms with Crippen LogP contribution in [-0.4, -0.2) is 11.5 Å². The van der Waals surface area contributed by atoms with Crippen LogP contribution in [0.1, 0.15) is 17.2 Å². The monoisotopic (exact) mass is 260 g/mol. The van der Waals surface area contributed by atoms with Gasteiger partial charge >= 0.3 is 0 Å². The Kier molecular flexibility index (Phi) is 2.94. The van der Waals surface area contributed by atoms with Crippen LogP contribution in [0.3, 0.4) is 0 Å². The zero-order valence-electron chi connectivity index (χ0n) is 9.77. The maximum absolute atomic E-state index is 5.96. The Morgan fingerprint density at radius 1 is 1.33 bits per heavy atom. The van der Waals surface area contributed by atoms with E-state index >= 15 is 0 Å². The standard InChI is InChI=1S/C14H13ClN2O/c15-10-6-14-12(17-8-10)5-9(7-16)11-3-1-2-4-13(11)18-14/h1-4,6,8-9H,5,7,16H2/t9-/m0/s1. The Balaban J connectivity index is 2.13. The first-order valence-corrected chi connectivity index (χ1v) is 6.27. The van der Waals surface area contributed by atoms with Gasteiger partial charge in [-0.05, 0) is 18.2 Å². The number of hydrogen-bond acceptors (Lipinski definition) is 3. The number of para-hydroxylation sites is 1. The second kappa shape index (κ2) is 4.59. The van der Waals surface area contributed by atoms with E-state index in [1.165, 1.54) is 0 Å². The van der Waals surface area contributed by atoms with Gasteiger partial charge in [0.05, 0.1) is 10.7 Å². The van der Waals surface area contributed by atoms with Crippen molar-refractivity contribution in [2.75, 3.05) is 6.54 Å². The predicted octanol–water partition coefficient (Wildman–Crippen LogP) is 3.13. The third-order valence-corrected chi connectivity index (χ3v) is 3.41. The second-order valence-corrected chi connectivity index (χ2v) is 4.81. The predicted molar refractivity (Wildman–Crippen MR) is 71.3 cm³/mol. The fourth-order valence-electron chi connectivity index (χ4n) is 2.27. The molecule has 1 atom stereocenters. The lowest BCUT2D eigenvalue weighted by atomic mass is 9.94. The highest BCUT2D eigenvalue weighted by Crippen LogP contribution is 2.38. The average molecular weight is 261 g/mol. The van der Waals surface area contributed by atoms with Crippen LogP contribution in [-0.2, 0) is 6.42 Å². The van der Waals surface area contributed by atoms with Gasteiger partial charge in [0, 0.05) is 24.6 Å². The molecule has 2 aromatic rings. The van der Waals surface area contributed by atoms with Crippen LogP contribution >= 0.6 is 11.6 Å². The quantitative estimate of drug-likeness (QED) is 0.857. The van der Waals surface area contributed by atoms with E-state index in [-0.39, 0.29) is 5.92 Å². The zero-order valence-corrected chi connectivity index (χ0v) is 10.5. The Hall–Kier alpha value is -1.58. The molecular formula is C14H13ClN2O. The van der Waals surface area contributed by atoms with Crippen molar-refractivity contribution in [1.82, 2.24) is 4.98 Å². The Morgan fingerprint density at radius 2 is 2.17 bits per heavy atom. The number of ether oxygens (including phenoxy) is 1. The summed E-state index contributed by atoms with van der Waals surface area (Å²) in [5.74, 6) is 1.80. The van der Waals surface area contributed by atoms with Crippen LogP contribution in [0.5, 0.6) is 11.5 Å². The first-order valence-electron chi connectivity index (χ1n) is 5.89. The molecular weight excluding hydrogens is 248 g/mol. The summed E-state index contributed by atoms with van der Waals surface area (Å²) in [5.41, 5.74) is 7.91. The lowest BCUT2D eigenvalue weighted by Gasteiger charge is -2.13. The van der Waals surface area contributed by atoms with Gasteiger partial charge in [-0.1, -0.05) is 29.8 Å². The van der Waals surface area contributed by atoms with Crippen molar-refractivity contribution in [1.29, 1.82) is 0 Å². The second-order valence-electron chi connectivity index (χ2n) is 4.38. The normalized spacial score (nSPS) is 17.3. The molecule has 2 heterocycles. The van der Waals surface area contributed by atoms with Crippen molar-refractivity contribution in [2.45, 2.75) is 12.3 Å². The number of nitrogens with zero attached hydrogens (tertiary/aromatic N) is 1. The van der Waals surface area contributed by atoms with E-state index in [2.05, 4.69) is 11.1 Å². The number of pyridine rings is 1. The van der Waals surface area contributed by atoms with Crippen molar-refractivity contribution < 1.29 is 4.74 Å². The van der Waals surface area contributed by atoms with Gasteiger partial charge < -0.3 is 10.5 Å². The van der Waals surface area contributed by atoms with E-state index in [0.717, 1.165) is 29.2 Å². The molecule has 0 bridgehead atoms. The van der Waals surface area contributed by atoms with Crippen LogP contribution in [0.25, 0.3) is 0 Å². The third-order valence-electron chi connectivity index (χ3n) is 3.20. The van der Waals surface area contributed by atoms with Crippen molar-refractivity contribution in [2.24, 2.45) is 5.73 Å². The van der Waals surface area contributed by atoms with Crippen molar-refractivity contribution in [3.63, 3.8) is 0 Å². The first-order chi connectivity index (χ1) is 8.78. The molecule has 3 nitrogen and oxygen atoms in total. The molecule has 0 spiro atoms. The van der Waals surface area contributed by atoms with Gasteiger partial charge in [0.25, 0.3) is 0 Å². The summed E-state index contributed by atoms with van der Waals surface area (Å²) in [6.45, 7) is 0.574. The van der Waals surface area contributed by atoms with E-state index in [1.54, 1.807) is 12.3 Å². The minimum absolute atomic E-state index is 0.233. The van der Waals surface area contributed by atoms with Crippen LogP contribution in [0.4, 0.5) is 0 Å². The Bertz CT molecular complexity index is 586. The van der Waals surface area contributed by atoms with Crippen LogP contribution < -0.4 is 10.5 Å². The highest BCUT2D eigenvalue weighted by molar-refractivity contribution is 6.30. The molecule has 1 aromatic carbocycles. The summed E-state index contributed by atoms with van der Waals surface area (Å²) in [6.07, 6.45) is 2.42. The average Bonchev–Trinajstić information content (AvgIpc) is 2.54. The highest BCUT2D eigenvalue weighted by atomic mass is 35.5. The largest absolute Gasteiger partial charge is 0.455 e. The highest BCUT2D eigenvalue weighted by Gasteiger charge is 2.23. The molecule has 92 valence electrons. The first kappa shape index (κ1) is 11.5. The molecule has 0 fully saturated rings. The maximum Gasteiger partial charge on any atom is 0.150 e. The Labute approximate surface area is 111 Å². The molecule has 4 heteroatoms. The number of nitrogens with two attached hydrogens (primary N) is 1. The molecule has 0 amide bonds. The number of benzene rings is 1. The number of rotatable bonds is 1. The number of aromatic nitrogens is 1. The minimum Gasteiger partial charge on any atom is -0.455 e. The SMILES string of the molecule is NC[C@@H]1Cc2ncc(Cl)cc2Oc2ccccc21. The van der Waals surface area contributed by atoms with E-state index in [0.29, 0.717) is 11.6 Å². The smallest absolute Gasteiger partial charge is 0.150 e. The van der Waals surface area contributed by atoms with Gasteiger partial charge in [-0.15, -0.1) is 0 Å². The molecule has 1 aliphatic heterocycles. The van der Waals surface area contributed by atoms with Gasteiger partial charge in [-0.25, -0.2) is 0 Å². The summed E-state index contributed by atoms with van der Waals surface area (Å²) in [6, 6.07) is 9.77. The number of halogens is 1. The van der Waals surface area contributed by atoms with Gasteiger partial charge in [0.1, 0.15) is 11.5 Å². The minimum atomic E-state index is 0.233. The van der Waals surface area contributed by atoms with E-state index in [9.17, 15) is 0 Å². The number of fused-ring (bicyclic) bond motifs is 2. The molecule has 1 aliphatic rings. The van der Waals surface area contributed by atoms with Crippen LogP contribution in [0.15, 0.2) is 36.5 Å². The summed E-state index contributed by atoms with van der Waals surface area (Å²) in [7, 11) is 0. The zero-order chi connectivity index (χ0) is 12.5. The Morgan fingerprint density at radius 3 is 3.00 bits per heavy atom. The molecule has 1 aromatic heterocycles. The molecule has 0 unspecified atom stereocenters. The molecule has 18 heavy (non-hydrogen) atoms. The summed E-state index contributed by atoms with van der Waals surface area (Å²) < 4.78 is 5.91. The van der Waals surface area contributed by atoms with Crippen molar-refractivity contribution >= 4 is 11.6 Å². The van der Waals surface area contributed by atoms with E-state index in [1.807, 2.05) is 18.2 Å². The fourth-order valence-corrected chi connectivity index (χ4v) is 2.42. The summed E-state index contributed by atoms with van der Waals surface area (Å²) in [5, 5.41) is 0.581. The molecule has 2 N–H and O–H groups in total. The van der Waals surface area contributed by atoms with Crippen LogP contribution in [0.2, 0.25) is 5.02 Å². The maximum atomic E-state index is 5.96. The summed E-state index contributed by atoms with van der Waals surface area (Å²) >= 11 is 5.96.